The number of nitrogens with two attached hydrogens (primary N) is 1. The molecule has 3 N–H and O–H groups in total. The molecule has 1 fully saturated rings. The van der Waals surface area contributed by atoms with E-state index in [0.717, 1.165) is 19.3 Å². The molecule has 1 aromatic rings. The van der Waals surface area contributed by atoms with Gasteiger partial charge in [-0.2, -0.15) is 0 Å². The summed E-state index contributed by atoms with van der Waals surface area (Å²) in [6.07, 6.45) is 2.38. The molecule has 1 aliphatic rings. The van der Waals surface area contributed by atoms with Crippen LogP contribution in [-0.4, -0.2) is 11.2 Å². The smallest absolute Gasteiger partial charge is 0.128 e. The van der Waals surface area contributed by atoms with Crippen molar-refractivity contribution in [2.24, 2.45) is 11.7 Å². The molecule has 0 unspecified atom stereocenters. The van der Waals surface area contributed by atoms with Crippen LogP contribution in [0.3, 0.4) is 0 Å². The summed E-state index contributed by atoms with van der Waals surface area (Å²) in [5, 5.41) is 10.4. The number of hydrogen-bond donors (Lipinski definition) is 2. The van der Waals surface area contributed by atoms with Crippen molar-refractivity contribution in [3.63, 3.8) is 0 Å². The Bertz CT molecular complexity index is 381. The van der Waals surface area contributed by atoms with Crippen LogP contribution in [0.2, 0.25) is 5.02 Å². The molecule has 0 bridgehead atoms. The van der Waals surface area contributed by atoms with Crippen molar-refractivity contribution in [1.29, 1.82) is 0 Å². The second-order valence-electron chi connectivity index (χ2n) is 4.37. The molecule has 4 heteroatoms. The predicted octanol–water partition coefficient (Wildman–Crippen LogP) is 2.64. The molecule has 0 radical (unpaired) electrons. The van der Waals surface area contributed by atoms with Gasteiger partial charge in [-0.25, -0.2) is 4.39 Å². The second kappa shape index (κ2) is 4.70. The van der Waals surface area contributed by atoms with E-state index in [4.69, 9.17) is 17.3 Å². The van der Waals surface area contributed by atoms with Crippen LogP contribution >= 0.6 is 11.6 Å². The van der Waals surface area contributed by atoms with E-state index in [-0.39, 0.29) is 5.92 Å². The summed E-state index contributed by atoms with van der Waals surface area (Å²) in [4.78, 5) is 0. The fourth-order valence-corrected chi connectivity index (χ4v) is 2.21. The van der Waals surface area contributed by atoms with E-state index in [1.807, 2.05) is 0 Å². The maximum absolute atomic E-state index is 13.5. The molecule has 0 amide bonds. The zero-order valence-corrected chi connectivity index (χ0v) is 9.62. The fourth-order valence-electron chi connectivity index (χ4n) is 2.03. The van der Waals surface area contributed by atoms with Crippen molar-refractivity contribution in [2.45, 2.75) is 31.4 Å². The van der Waals surface area contributed by atoms with E-state index < -0.39 is 18.0 Å². The Balaban J connectivity index is 2.18. The van der Waals surface area contributed by atoms with Crippen LogP contribution in [0.5, 0.6) is 0 Å². The molecule has 2 rings (SSSR count). The summed E-state index contributed by atoms with van der Waals surface area (Å²) in [6, 6.07) is 3.56. The zero-order valence-electron chi connectivity index (χ0n) is 8.87. The molecular formula is C12H15ClFNO. The molecule has 16 heavy (non-hydrogen) atoms. The summed E-state index contributed by atoms with van der Waals surface area (Å²) in [7, 11) is 0. The Morgan fingerprint density at radius 1 is 1.44 bits per heavy atom. The summed E-state index contributed by atoms with van der Waals surface area (Å²) >= 11 is 5.79. The normalized spacial score (nSPS) is 20.2. The molecular weight excluding hydrogens is 229 g/mol. The van der Waals surface area contributed by atoms with E-state index in [1.54, 1.807) is 0 Å². The van der Waals surface area contributed by atoms with Gasteiger partial charge in [0.2, 0.25) is 0 Å². The largest absolute Gasteiger partial charge is 0.391 e. The summed E-state index contributed by atoms with van der Waals surface area (Å²) in [5.74, 6) is -0.205. The highest BCUT2D eigenvalue weighted by Crippen LogP contribution is 2.35. The zero-order chi connectivity index (χ0) is 11.7. The van der Waals surface area contributed by atoms with Crippen molar-refractivity contribution in [3.05, 3.63) is 34.6 Å². The van der Waals surface area contributed by atoms with Gasteiger partial charge in [-0.1, -0.05) is 18.0 Å². The molecule has 1 aromatic carbocycles. The van der Waals surface area contributed by atoms with Crippen molar-refractivity contribution < 1.29 is 9.50 Å². The Labute approximate surface area is 99.2 Å². The molecule has 1 saturated carbocycles. The first kappa shape index (κ1) is 11.8. The third kappa shape index (κ3) is 2.21. The van der Waals surface area contributed by atoms with E-state index >= 15 is 0 Å². The van der Waals surface area contributed by atoms with E-state index in [9.17, 15) is 9.50 Å². The van der Waals surface area contributed by atoms with Gasteiger partial charge in [-0.15, -0.1) is 0 Å². The molecule has 0 aromatic heterocycles. The third-order valence-corrected chi connectivity index (χ3v) is 3.55. The van der Waals surface area contributed by atoms with Crippen LogP contribution < -0.4 is 5.73 Å². The van der Waals surface area contributed by atoms with Crippen molar-refractivity contribution >= 4 is 11.6 Å². The lowest BCUT2D eigenvalue weighted by molar-refractivity contribution is 0.0405. The third-order valence-electron chi connectivity index (χ3n) is 3.32. The van der Waals surface area contributed by atoms with Crippen LogP contribution in [0.1, 0.15) is 30.9 Å². The van der Waals surface area contributed by atoms with Crippen molar-refractivity contribution in [2.75, 3.05) is 0 Å². The number of aliphatic hydroxyl groups excluding tert-OH is 1. The maximum atomic E-state index is 13.5. The van der Waals surface area contributed by atoms with E-state index in [2.05, 4.69) is 0 Å². The van der Waals surface area contributed by atoms with Gasteiger partial charge < -0.3 is 10.8 Å². The highest BCUT2D eigenvalue weighted by molar-refractivity contribution is 6.30. The van der Waals surface area contributed by atoms with Crippen molar-refractivity contribution in [3.8, 4) is 0 Å². The summed E-state index contributed by atoms with van der Waals surface area (Å²) < 4.78 is 13.5. The summed E-state index contributed by atoms with van der Waals surface area (Å²) in [6.45, 7) is 0. The van der Waals surface area contributed by atoms with Gasteiger partial charge in [0.15, 0.2) is 0 Å². The van der Waals surface area contributed by atoms with Crippen LogP contribution in [0.4, 0.5) is 4.39 Å². The number of halogens is 2. The Morgan fingerprint density at radius 3 is 2.69 bits per heavy atom. The highest BCUT2D eigenvalue weighted by atomic mass is 35.5. The van der Waals surface area contributed by atoms with Gasteiger partial charge in [-0.3, -0.25) is 0 Å². The Kier molecular flexibility index (Phi) is 3.47. The highest BCUT2D eigenvalue weighted by Gasteiger charge is 2.31. The van der Waals surface area contributed by atoms with Gasteiger partial charge in [0.25, 0.3) is 0 Å². The molecule has 0 aliphatic heterocycles. The lowest BCUT2D eigenvalue weighted by Crippen LogP contribution is -2.36. The Morgan fingerprint density at radius 2 is 2.12 bits per heavy atom. The van der Waals surface area contributed by atoms with Gasteiger partial charge in [0.1, 0.15) is 5.82 Å². The lowest BCUT2D eigenvalue weighted by atomic mass is 9.77. The fraction of sp³-hybridized carbons (Fsp3) is 0.500. The first-order chi connectivity index (χ1) is 7.59. The predicted molar refractivity (Wildman–Crippen MR) is 61.7 cm³/mol. The molecule has 0 spiro atoms. The average molecular weight is 244 g/mol. The van der Waals surface area contributed by atoms with Gasteiger partial charge >= 0.3 is 0 Å². The Hall–Kier alpha value is -0.640. The van der Waals surface area contributed by atoms with Crippen LogP contribution in [-0.2, 0) is 0 Å². The minimum absolute atomic E-state index is 0.202. The first-order valence-corrected chi connectivity index (χ1v) is 5.86. The standard InChI is InChI=1S/C12H15ClFNO/c13-8-4-5-10(14)9(6-8)11(15)12(16)7-2-1-3-7/h4-7,11-12,16H,1-3,15H2/t11-,12+/m0/s1. The molecule has 2 nitrogen and oxygen atoms in total. The average Bonchev–Trinajstić information content (AvgIpc) is 2.18. The number of hydrogen-bond acceptors (Lipinski definition) is 2. The van der Waals surface area contributed by atoms with Crippen LogP contribution in [0.15, 0.2) is 18.2 Å². The van der Waals surface area contributed by atoms with Gasteiger partial charge in [0, 0.05) is 10.6 Å². The van der Waals surface area contributed by atoms with Gasteiger partial charge in [-0.05, 0) is 37.0 Å². The topological polar surface area (TPSA) is 46.2 Å². The SMILES string of the molecule is N[C@@H](c1cc(Cl)ccc1F)[C@H](O)C1CCC1. The summed E-state index contributed by atoms with van der Waals surface area (Å²) in [5.41, 5.74) is 6.17. The van der Waals surface area contributed by atoms with E-state index in [1.165, 1.54) is 18.2 Å². The van der Waals surface area contributed by atoms with Gasteiger partial charge in [0.05, 0.1) is 12.1 Å². The van der Waals surface area contributed by atoms with Crippen LogP contribution in [0, 0.1) is 11.7 Å². The number of aliphatic hydroxyl groups is 1. The lowest BCUT2D eigenvalue weighted by Gasteiger charge is -2.33. The first-order valence-electron chi connectivity index (χ1n) is 5.48. The second-order valence-corrected chi connectivity index (χ2v) is 4.81. The molecule has 0 saturated heterocycles. The maximum Gasteiger partial charge on any atom is 0.128 e. The minimum atomic E-state index is -0.691. The monoisotopic (exact) mass is 243 g/mol. The molecule has 1 aliphatic carbocycles. The number of rotatable bonds is 3. The van der Waals surface area contributed by atoms with E-state index in [0.29, 0.717) is 10.6 Å². The molecule has 88 valence electrons. The van der Waals surface area contributed by atoms with Crippen molar-refractivity contribution in [1.82, 2.24) is 0 Å². The van der Waals surface area contributed by atoms with Crippen LogP contribution in [0.25, 0.3) is 0 Å². The minimum Gasteiger partial charge on any atom is -0.391 e. The molecule has 2 atom stereocenters. The molecule has 0 heterocycles. The quantitative estimate of drug-likeness (QED) is 0.857. The number of benzene rings is 1.